The van der Waals surface area contributed by atoms with Gasteiger partial charge in [-0.15, -0.1) is 0 Å². The van der Waals surface area contributed by atoms with Crippen molar-refractivity contribution in [2.75, 3.05) is 18.0 Å². The van der Waals surface area contributed by atoms with Crippen LogP contribution in [0.2, 0.25) is 0 Å². The van der Waals surface area contributed by atoms with Crippen molar-refractivity contribution in [1.29, 1.82) is 0 Å². The van der Waals surface area contributed by atoms with E-state index in [1.807, 2.05) is 6.92 Å². The maximum atomic E-state index is 13.1. The number of aromatic amines is 1. The predicted molar refractivity (Wildman–Crippen MR) is 68.1 cm³/mol. The molecule has 2 N–H and O–H groups in total. The first-order chi connectivity index (χ1) is 8.63. The average molecular weight is 249 g/mol. The Morgan fingerprint density at radius 1 is 1.56 bits per heavy atom. The molecule has 0 radical (unpaired) electrons. The van der Waals surface area contributed by atoms with E-state index in [1.165, 1.54) is 12.1 Å². The zero-order valence-corrected chi connectivity index (χ0v) is 10.2. The Morgan fingerprint density at radius 2 is 2.39 bits per heavy atom. The van der Waals surface area contributed by atoms with Crippen LogP contribution in [0, 0.1) is 11.7 Å². The molecule has 1 aromatic heterocycles. The molecule has 1 aliphatic rings. The monoisotopic (exact) mass is 249 g/mol. The van der Waals surface area contributed by atoms with Crippen LogP contribution < -0.4 is 4.90 Å². The molecular formula is C13H16FN3O. The fourth-order valence-electron chi connectivity index (χ4n) is 2.49. The molecule has 1 aromatic carbocycles. The normalized spacial score (nSPS) is 21.7. The van der Waals surface area contributed by atoms with Gasteiger partial charge in [-0.25, -0.2) is 9.37 Å². The first-order valence-corrected chi connectivity index (χ1v) is 6.22. The van der Waals surface area contributed by atoms with E-state index in [9.17, 15) is 9.50 Å². The Hall–Kier alpha value is -1.62. The van der Waals surface area contributed by atoms with Crippen molar-refractivity contribution in [3.63, 3.8) is 0 Å². The molecule has 18 heavy (non-hydrogen) atoms. The minimum absolute atomic E-state index is 0.263. The molecule has 0 bridgehead atoms. The smallest absolute Gasteiger partial charge is 0.203 e. The van der Waals surface area contributed by atoms with Crippen molar-refractivity contribution in [3.8, 4) is 0 Å². The number of anilines is 1. The number of nitrogens with one attached hydrogen (secondary N) is 1. The Labute approximate surface area is 104 Å². The second kappa shape index (κ2) is 4.24. The maximum Gasteiger partial charge on any atom is 0.203 e. The van der Waals surface area contributed by atoms with Crippen LogP contribution in [0.5, 0.6) is 0 Å². The molecule has 1 saturated heterocycles. The lowest BCUT2D eigenvalue weighted by molar-refractivity contribution is 0.136. The molecule has 1 aliphatic heterocycles. The highest BCUT2D eigenvalue weighted by Gasteiger charge is 2.27. The summed E-state index contributed by atoms with van der Waals surface area (Å²) in [6.07, 6.45) is 0.667. The summed E-state index contributed by atoms with van der Waals surface area (Å²) in [4.78, 5) is 9.69. The van der Waals surface area contributed by atoms with Gasteiger partial charge < -0.3 is 15.0 Å². The topological polar surface area (TPSA) is 52.1 Å². The van der Waals surface area contributed by atoms with Crippen LogP contribution in [-0.2, 0) is 0 Å². The third-order valence-electron chi connectivity index (χ3n) is 3.64. The summed E-state index contributed by atoms with van der Waals surface area (Å²) in [6.45, 7) is 3.49. The van der Waals surface area contributed by atoms with Crippen molar-refractivity contribution in [3.05, 3.63) is 24.0 Å². The highest BCUT2D eigenvalue weighted by Crippen LogP contribution is 2.25. The number of H-pyrrole nitrogens is 1. The van der Waals surface area contributed by atoms with Gasteiger partial charge in [0.15, 0.2) is 0 Å². The number of hydrogen-bond donors (Lipinski definition) is 2. The largest absolute Gasteiger partial charge is 0.393 e. The molecule has 3 rings (SSSR count). The summed E-state index contributed by atoms with van der Waals surface area (Å²) in [5.41, 5.74) is 1.48. The summed E-state index contributed by atoms with van der Waals surface area (Å²) >= 11 is 0. The first kappa shape index (κ1) is 11.5. The summed E-state index contributed by atoms with van der Waals surface area (Å²) in [6, 6.07) is 4.54. The fourth-order valence-corrected chi connectivity index (χ4v) is 2.49. The van der Waals surface area contributed by atoms with E-state index in [0.29, 0.717) is 5.52 Å². The average Bonchev–Trinajstić information content (AvgIpc) is 2.93. The number of halogens is 1. The van der Waals surface area contributed by atoms with Crippen LogP contribution in [-0.4, -0.2) is 34.3 Å². The number of benzene rings is 1. The van der Waals surface area contributed by atoms with E-state index < -0.39 is 0 Å². The predicted octanol–water partition coefficient (Wildman–Crippen LogP) is 1.91. The van der Waals surface area contributed by atoms with E-state index in [1.54, 1.807) is 6.07 Å². The van der Waals surface area contributed by atoms with Gasteiger partial charge in [0.1, 0.15) is 5.82 Å². The van der Waals surface area contributed by atoms with Gasteiger partial charge in [0, 0.05) is 19.0 Å². The number of aliphatic hydroxyl groups is 1. The molecule has 2 unspecified atom stereocenters. The summed E-state index contributed by atoms with van der Waals surface area (Å²) < 4.78 is 13.1. The van der Waals surface area contributed by atoms with E-state index >= 15 is 0 Å². The molecule has 0 aliphatic carbocycles. The second-order valence-corrected chi connectivity index (χ2v) is 4.96. The summed E-state index contributed by atoms with van der Waals surface area (Å²) in [5.74, 6) is 0.787. The Bertz CT molecular complexity index is 566. The lowest BCUT2D eigenvalue weighted by Crippen LogP contribution is -2.24. The van der Waals surface area contributed by atoms with Crippen molar-refractivity contribution >= 4 is 17.0 Å². The number of fused-ring (bicyclic) bond motifs is 1. The van der Waals surface area contributed by atoms with Gasteiger partial charge in [-0.2, -0.15) is 0 Å². The lowest BCUT2D eigenvalue weighted by Gasteiger charge is -2.16. The Balaban J connectivity index is 1.87. The lowest BCUT2D eigenvalue weighted by atomic mass is 10.0. The third-order valence-corrected chi connectivity index (χ3v) is 3.64. The van der Waals surface area contributed by atoms with Crippen molar-refractivity contribution in [1.82, 2.24) is 9.97 Å². The van der Waals surface area contributed by atoms with Crippen LogP contribution in [0.25, 0.3) is 11.0 Å². The molecule has 2 atom stereocenters. The van der Waals surface area contributed by atoms with E-state index in [-0.39, 0.29) is 17.8 Å². The Morgan fingerprint density at radius 3 is 3.11 bits per heavy atom. The number of nitrogens with zero attached hydrogens (tertiary/aromatic N) is 2. The highest BCUT2D eigenvalue weighted by atomic mass is 19.1. The first-order valence-electron chi connectivity index (χ1n) is 6.22. The molecule has 96 valence electrons. The van der Waals surface area contributed by atoms with Gasteiger partial charge in [-0.05, 0) is 31.5 Å². The summed E-state index contributed by atoms with van der Waals surface area (Å²) in [7, 11) is 0. The number of rotatable bonds is 2. The molecule has 4 nitrogen and oxygen atoms in total. The SMILES string of the molecule is CC(O)C1CCN(c2nc3ccc(F)cc3[nH]2)C1. The van der Waals surface area contributed by atoms with Gasteiger partial charge in [0.05, 0.1) is 17.1 Å². The van der Waals surface area contributed by atoms with Gasteiger partial charge in [-0.3, -0.25) is 0 Å². The quantitative estimate of drug-likeness (QED) is 0.854. The van der Waals surface area contributed by atoms with Crippen LogP contribution in [0.15, 0.2) is 18.2 Å². The standard InChI is InChI=1S/C13H16FN3O/c1-8(18)9-4-5-17(7-9)13-15-11-3-2-10(14)6-12(11)16-13/h2-3,6,8-9,18H,4-5,7H2,1H3,(H,15,16). The molecule has 1 fully saturated rings. The van der Waals surface area contributed by atoms with Crippen LogP contribution in [0.3, 0.4) is 0 Å². The van der Waals surface area contributed by atoms with Crippen LogP contribution in [0.1, 0.15) is 13.3 Å². The molecule has 5 heteroatoms. The number of hydrogen-bond acceptors (Lipinski definition) is 3. The number of aromatic nitrogens is 2. The van der Waals surface area contributed by atoms with Crippen molar-refractivity contribution in [2.45, 2.75) is 19.4 Å². The van der Waals surface area contributed by atoms with Gasteiger partial charge in [0.25, 0.3) is 0 Å². The van der Waals surface area contributed by atoms with Crippen molar-refractivity contribution in [2.24, 2.45) is 5.92 Å². The molecule has 0 spiro atoms. The zero-order valence-electron chi connectivity index (χ0n) is 10.2. The van der Waals surface area contributed by atoms with E-state index in [0.717, 1.165) is 31.0 Å². The fraction of sp³-hybridized carbons (Fsp3) is 0.462. The van der Waals surface area contributed by atoms with E-state index in [4.69, 9.17) is 0 Å². The molecule has 2 aromatic rings. The molecule has 0 amide bonds. The zero-order chi connectivity index (χ0) is 12.7. The van der Waals surface area contributed by atoms with Gasteiger partial charge in [-0.1, -0.05) is 0 Å². The van der Waals surface area contributed by atoms with Gasteiger partial charge in [0.2, 0.25) is 5.95 Å². The van der Waals surface area contributed by atoms with Crippen LogP contribution in [0.4, 0.5) is 10.3 Å². The molecular weight excluding hydrogens is 233 g/mol. The molecule has 2 heterocycles. The second-order valence-electron chi connectivity index (χ2n) is 4.96. The summed E-state index contributed by atoms with van der Waals surface area (Å²) in [5, 5.41) is 9.59. The van der Waals surface area contributed by atoms with E-state index in [2.05, 4.69) is 14.9 Å². The maximum absolute atomic E-state index is 13.1. The Kier molecular flexibility index (Phi) is 2.70. The minimum atomic E-state index is -0.295. The van der Waals surface area contributed by atoms with Crippen LogP contribution >= 0.6 is 0 Å². The highest BCUT2D eigenvalue weighted by molar-refractivity contribution is 5.77. The number of imidazole rings is 1. The molecule has 0 saturated carbocycles. The minimum Gasteiger partial charge on any atom is -0.393 e. The number of aliphatic hydroxyl groups excluding tert-OH is 1. The van der Waals surface area contributed by atoms with Crippen molar-refractivity contribution < 1.29 is 9.50 Å². The third kappa shape index (κ3) is 1.95. The van der Waals surface area contributed by atoms with Gasteiger partial charge >= 0.3 is 0 Å².